The van der Waals surface area contributed by atoms with Crippen LogP contribution in [0.2, 0.25) is 0 Å². The summed E-state index contributed by atoms with van der Waals surface area (Å²) in [4.78, 5) is 0. The number of anilines is 2. The highest BCUT2D eigenvalue weighted by atomic mass is 19.4. The molecule has 0 bridgehead atoms. The molecule has 0 amide bonds. The van der Waals surface area contributed by atoms with E-state index in [9.17, 15) is 74.6 Å². The Morgan fingerprint density at radius 3 is 1.36 bits per heavy atom. The normalized spacial score (nSPS) is 14.8. The van der Waals surface area contributed by atoms with Crippen LogP contribution in [0.5, 0.6) is 5.75 Å². The summed E-state index contributed by atoms with van der Waals surface area (Å²) in [6.07, 6.45) is -4.55. The number of unbranched alkanes of at least 4 members (excludes halogenated alkanes) is 5. The zero-order valence-electron chi connectivity index (χ0n) is 21.1. The molecule has 20 heteroatoms. The van der Waals surface area contributed by atoms with E-state index in [1.54, 1.807) is 0 Å². The Morgan fingerprint density at radius 1 is 0.524 bits per heavy atom. The zero-order valence-corrected chi connectivity index (χ0v) is 21.1. The molecule has 0 aliphatic rings. The molecule has 0 fully saturated rings. The molecule has 0 aromatic heterocycles. The lowest BCUT2D eigenvalue weighted by atomic mass is 9.87. The first-order chi connectivity index (χ1) is 18.6. The SMILES string of the molecule is CCCCCCCCOc1cc(N)c(N)cc1C(F)(F)C(F)(F)C(F)(F)C(F)(F)C(F)(F)C(F)(F)C(F)(F)C(F)(F)F. The molecule has 0 aliphatic heterocycles. The minimum atomic E-state index is -8.71. The highest BCUT2D eigenvalue weighted by Gasteiger charge is 2.95. The van der Waals surface area contributed by atoms with Crippen molar-refractivity contribution < 1.29 is 79.4 Å². The van der Waals surface area contributed by atoms with Gasteiger partial charge < -0.3 is 16.2 Å². The lowest BCUT2D eigenvalue weighted by molar-refractivity contribution is -0.462. The third-order valence-electron chi connectivity index (χ3n) is 6.00. The van der Waals surface area contributed by atoms with Gasteiger partial charge in [-0.05, 0) is 12.5 Å². The van der Waals surface area contributed by atoms with Crippen LogP contribution >= 0.6 is 0 Å². The molecule has 0 unspecified atom stereocenters. The van der Waals surface area contributed by atoms with Crippen LogP contribution in [0.15, 0.2) is 12.1 Å². The van der Waals surface area contributed by atoms with Crippen molar-refractivity contribution in [2.24, 2.45) is 0 Å². The summed E-state index contributed by atoms with van der Waals surface area (Å²) < 4.78 is 237. The fraction of sp³-hybridized carbons (Fsp3) is 0.727. The first-order valence-electron chi connectivity index (χ1n) is 11.6. The smallest absolute Gasteiger partial charge is 0.460 e. The molecule has 0 spiro atoms. The Labute approximate surface area is 226 Å². The van der Waals surface area contributed by atoms with Crippen LogP contribution in [0.25, 0.3) is 0 Å². The summed E-state index contributed by atoms with van der Waals surface area (Å²) in [5.74, 6) is -58.9. The van der Waals surface area contributed by atoms with Gasteiger partial charge in [0.1, 0.15) is 5.75 Å². The minimum absolute atomic E-state index is 0.0123. The first kappa shape index (κ1) is 37.5. The molecule has 1 aromatic carbocycles. The van der Waals surface area contributed by atoms with Crippen molar-refractivity contribution in [2.75, 3.05) is 18.1 Å². The predicted octanol–water partition coefficient (Wildman–Crippen LogP) is 9.06. The maximum Gasteiger partial charge on any atom is 0.460 e. The lowest BCUT2D eigenvalue weighted by Gasteiger charge is -2.43. The Bertz CT molecular complexity index is 1070. The quantitative estimate of drug-likeness (QED) is 0.113. The summed E-state index contributed by atoms with van der Waals surface area (Å²) in [6, 6.07) is -0.0900. The molecular weight excluding hydrogens is 631 g/mol. The van der Waals surface area contributed by atoms with Crippen molar-refractivity contribution in [3.8, 4) is 5.75 Å². The maximum atomic E-state index is 14.9. The van der Waals surface area contributed by atoms with Crippen LogP contribution in [0.3, 0.4) is 0 Å². The van der Waals surface area contributed by atoms with E-state index in [4.69, 9.17) is 16.2 Å². The molecule has 1 rings (SSSR count). The van der Waals surface area contributed by atoms with Gasteiger partial charge in [-0.15, -0.1) is 0 Å². The van der Waals surface area contributed by atoms with Gasteiger partial charge in [0.05, 0.1) is 23.5 Å². The summed E-state index contributed by atoms with van der Waals surface area (Å²) in [7, 11) is 0. The largest absolute Gasteiger partial charge is 0.493 e. The molecule has 42 heavy (non-hydrogen) atoms. The Hall–Kier alpha value is -2.57. The van der Waals surface area contributed by atoms with Crippen LogP contribution < -0.4 is 16.2 Å². The molecule has 0 saturated carbocycles. The third-order valence-corrected chi connectivity index (χ3v) is 6.00. The molecule has 0 radical (unpaired) electrons. The lowest BCUT2D eigenvalue weighted by Crippen LogP contribution is -2.74. The molecule has 0 saturated heterocycles. The Kier molecular flexibility index (Phi) is 10.6. The number of hydrogen-bond acceptors (Lipinski definition) is 3. The van der Waals surface area contributed by atoms with E-state index >= 15 is 0 Å². The van der Waals surface area contributed by atoms with Crippen LogP contribution in [-0.4, -0.2) is 48.3 Å². The summed E-state index contributed by atoms with van der Waals surface area (Å²) in [5.41, 5.74) is 6.13. The van der Waals surface area contributed by atoms with Crippen LogP contribution in [0, 0.1) is 0 Å². The number of nitrogen functional groups attached to an aromatic ring is 2. The molecule has 0 heterocycles. The molecule has 0 aliphatic carbocycles. The van der Waals surface area contributed by atoms with E-state index in [-0.39, 0.29) is 18.6 Å². The zero-order chi connectivity index (χ0) is 33.4. The molecule has 0 atom stereocenters. The fourth-order valence-corrected chi connectivity index (χ4v) is 3.37. The summed E-state index contributed by atoms with van der Waals surface area (Å²) >= 11 is 0. The minimum Gasteiger partial charge on any atom is -0.493 e. The Balaban J connectivity index is 3.62. The van der Waals surface area contributed by atoms with Crippen LogP contribution in [0.1, 0.15) is 51.0 Å². The average Bonchev–Trinajstić information content (AvgIpc) is 2.83. The van der Waals surface area contributed by atoms with E-state index < -0.39 is 76.9 Å². The number of halogens is 17. The topological polar surface area (TPSA) is 61.3 Å². The summed E-state index contributed by atoms with van der Waals surface area (Å²) in [6.45, 7) is 1.25. The second-order valence-electron chi connectivity index (χ2n) is 9.11. The van der Waals surface area contributed by atoms with Gasteiger partial charge in [-0.3, -0.25) is 0 Å². The van der Waals surface area contributed by atoms with Crippen molar-refractivity contribution >= 4 is 11.4 Å². The van der Waals surface area contributed by atoms with Crippen molar-refractivity contribution in [3.63, 3.8) is 0 Å². The number of rotatable bonds is 15. The van der Waals surface area contributed by atoms with Gasteiger partial charge >= 0.3 is 47.6 Å². The number of benzene rings is 1. The van der Waals surface area contributed by atoms with Crippen LogP contribution in [-0.2, 0) is 5.92 Å². The van der Waals surface area contributed by atoms with Gasteiger partial charge in [-0.2, -0.15) is 74.6 Å². The number of nitrogens with two attached hydrogens (primary N) is 2. The van der Waals surface area contributed by atoms with Crippen molar-refractivity contribution in [3.05, 3.63) is 17.7 Å². The fourth-order valence-electron chi connectivity index (χ4n) is 3.37. The highest BCUT2D eigenvalue weighted by Crippen LogP contribution is 2.65. The Morgan fingerprint density at radius 2 is 0.905 bits per heavy atom. The van der Waals surface area contributed by atoms with Gasteiger partial charge in [0.2, 0.25) is 0 Å². The van der Waals surface area contributed by atoms with E-state index in [1.807, 2.05) is 6.92 Å². The number of ether oxygens (including phenoxy) is 1. The number of hydrogen-bond donors (Lipinski definition) is 2. The predicted molar refractivity (Wildman–Crippen MR) is 114 cm³/mol. The van der Waals surface area contributed by atoms with Crippen molar-refractivity contribution in [2.45, 2.75) is 93.1 Å². The average molecular weight is 654 g/mol. The third kappa shape index (κ3) is 5.94. The molecular formula is C22H23F17N2O. The first-order valence-corrected chi connectivity index (χ1v) is 11.6. The van der Waals surface area contributed by atoms with Gasteiger partial charge in [0, 0.05) is 6.07 Å². The van der Waals surface area contributed by atoms with E-state index in [0.29, 0.717) is 19.3 Å². The molecule has 246 valence electrons. The van der Waals surface area contributed by atoms with Crippen LogP contribution in [0.4, 0.5) is 86.0 Å². The molecule has 4 N–H and O–H groups in total. The van der Waals surface area contributed by atoms with Crippen molar-refractivity contribution in [1.82, 2.24) is 0 Å². The van der Waals surface area contributed by atoms with E-state index in [2.05, 4.69) is 0 Å². The van der Waals surface area contributed by atoms with Crippen molar-refractivity contribution in [1.29, 1.82) is 0 Å². The van der Waals surface area contributed by atoms with Gasteiger partial charge in [-0.25, -0.2) is 0 Å². The van der Waals surface area contributed by atoms with Gasteiger partial charge in [-0.1, -0.05) is 39.0 Å². The van der Waals surface area contributed by atoms with E-state index in [1.165, 1.54) is 0 Å². The second kappa shape index (κ2) is 11.8. The molecule has 1 aromatic rings. The monoisotopic (exact) mass is 654 g/mol. The molecule has 3 nitrogen and oxygen atoms in total. The summed E-state index contributed by atoms with van der Waals surface area (Å²) in [5, 5.41) is 0. The van der Waals surface area contributed by atoms with Gasteiger partial charge in [0.25, 0.3) is 0 Å². The maximum absolute atomic E-state index is 14.9. The van der Waals surface area contributed by atoms with E-state index in [0.717, 1.165) is 12.8 Å². The van der Waals surface area contributed by atoms with Gasteiger partial charge in [0.15, 0.2) is 0 Å². The standard InChI is InChI=1S/C22H23F17N2O/c1-2-3-4-5-6-7-8-42-14-10-13(41)12(40)9-11(14)15(23,24)16(25,26)17(27,28)18(29,30)19(31,32)20(33,34)21(35,36)22(37,38)39/h9-10H,2-8,40-41H2,1H3. The number of alkyl halides is 17. The second-order valence-corrected chi connectivity index (χ2v) is 9.11. The highest BCUT2D eigenvalue weighted by molar-refractivity contribution is 5.68.